The third kappa shape index (κ3) is 3.24. The number of carbonyl (C=O) groups is 2. The third-order valence-corrected chi connectivity index (χ3v) is 8.86. The van der Waals surface area contributed by atoms with Crippen LogP contribution in [0.25, 0.3) is 0 Å². The van der Waals surface area contributed by atoms with E-state index in [2.05, 4.69) is 33.0 Å². The zero-order chi connectivity index (χ0) is 23.7. The Morgan fingerprint density at radius 3 is 2.32 bits per heavy atom. The summed E-state index contributed by atoms with van der Waals surface area (Å²) in [4.78, 5) is 29.5. The van der Waals surface area contributed by atoms with Crippen LogP contribution in [0.1, 0.15) is 70.6 Å². The lowest BCUT2D eigenvalue weighted by atomic mass is 9.40. The molecule has 0 atom stereocenters. The van der Waals surface area contributed by atoms with Gasteiger partial charge in [-0.1, -0.05) is 12.1 Å². The summed E-state index contributed by atoms with van der Waals surface area (Å²) < 4.78 is 2.26. The molecule has 7 rings (SSSR count). The van der Waals surface area contributed by atoms with Gasteiger partial charge in [0.2, 0.25) is 0 Å². The number of nitrogens with one attached hydrogen (secondary N) is 1. The normalized spacial score (nSPS) is 28.3. The first kappa shape index (κ1) is 21.9. The number of aromatic nitrogens is 1. The lowest BCUT2D eigenvalue weighted by Gasteiger charge is -2.69. The topological polar surface area (TPSA) is 83.6 Å². The van der Waals surface area contributed by atoms with Crippen LogP contribution in [0.3, 0.4) is 0 Å². The lowest BCUT2D eigenvalue weighted by molar-refractivity contribution is -0.126. The van der Waals surface area contributed by atoms with Gasteiger partial charge in [0, 0.05) is 57.1 Å². The van der Waals surface area contributed by atoms with Gasteiger partial charge in [-0.25, -0.2) is 0 Å². The van der Waals surface area contributed by atoms with Crippen molar-refractivity contribution in [2.45, 2.75) is 62.7 Å². The molecule has 3 N–H and O–H groups in total. The van der Waals surface area contributed by atoms with Gasteiger partial charge in [0.05, 0.1) is 5.54 Å². The minimum atomic E-state index is 0.00862. The van der Waals surface area contributed by atoms with Gasteiger partial charge in [-0.3, -0.25) is 14.5 Å². The van der Waals surface area contributed by atoms with Crippen LogP contribution in [0.4, 0.5) is 0 Å². The number of nitrogens with zero attached hydrogens (tertiary/aromatic N) is 3. The van der Waals surface area contributed by atoms with Crippen LogP contribution in [0.15, 0.2) is 36.4 Å². The van der Waals surface area contributed by atoms with Crippen molar-refractivity contribution in [1.29, 1.82) is 0 Å². The smallest absolute Gasteiger partial charge is 0.267 e. The standard InChI is InChI=1S/C27H35N5O2/c1-30(2)24(34)20-6-4-19(5-7-20)14-31-12-13-32-21(8-9-22(32)27(31)10-3-11-27)23(33)29-18-25-15-26(28,16-25)17-25/h4-9H,3,10-18,28H2,1-2H3,(H,29,33). The van der Waals surface area contributed by atoms with Gasteiger partial charge in [-0.15, -0.1) is 0 Å². The van der Waals surface area contributed by atoms with Gasteiger partial charge in [0.25, 0.3) is 11.8 Å². The Labute approximate surface area is 201 Å². The van der Waals surface area contributed by atoms with Crippen LogP contribution < -0.4 is 11.1 Å². The van der Waals surface area contributed by atoms with E-state index in [-0.39, 0.29) is 28.3 Å². The maximum Gasteiger partial charge on any atom is 0.267 e. The molecule has 0 radical (unpaired) electrons. The quantitative estimate of drug-likeness (QED) is 0.693. The Morgan fingerprint density at radius 2 is 1.74 bits per heavy atom. The molecule has 0 unspecified atom stereocenters. The minimum absolute atomic E-state index is 0.00862. The van der Waals surface area contributed by atoms with Crippen molar-refractivity contribution in [3.63, 3.8) is 0 Å². The Morgan fingerprint density at radius 1 is 1.03 bits per heavy atom. The van der Waals surface area contributed by atoms with Crippen LogP contribution in [0.2, 0.25) is 0 Å². The summed E-state index contributed by atoms with van der Waals surface area (Å²) in [5.41, 5.74) is 10.5. The third-order valence-electron chi connectivity index (χ3n) is 8.86. The predicted molar refractivity (Wildman–Crippen MR) is 130 cm³/mol. The average molecular weight is 462 g/mol. The molecule has 4 fully saturated rings. The van der Waals surface area contributed by atoms with Crippen molar-refractivity contribution in [3.8, 4) is 0 Å². The molecular formula is C27H35N5O2. The minimum Gasteiger partial charge on any atom is -0.350 e. The van der Waals surface area contributed by atoms with Crippen LogP contribution in [0.5, 0.6) is 0 Å². The first-order valence-electron chi connectivity index (χ1n) is 12.6. The van der Waals surface area contributed by atoms with E-state index in [4.69, 9.17) is 5.73 Å². The highest BCUT2D eigenvalue weighted by atomic mass is 16.2. The first-order chi connectivity index (χ1) is 16.2. The summed E-state index contributed by atoms with van der Waals surface area (Å²) in [5, 5.41) is 3.21. The van der Waals surface area contributed by atoms with Gasteiger partial charge in [0.15, 0.2) is 0 Å². The van der Waals surface area contributed by atoms with Gasteiger partial charge < -0.3 is 20.5 Å². The molecule has 5 aliphatic rings. The zero-order valence-electron chi connectivity index (χ0n) is 20.3. The van der Waals surface area contributed by atoms with Crippen molar-refractivity contribution in [2.75, 3.05) is 27.2 Å². The molecule has 4 saturated carbocycles. The van der Waals surface area contributed by atoms with Crippen LogP contribution >= 0.6 is 0 Å². The fourth-order valence-electron chi connectivity index (χ4n) is 7.09. The van der Waals surface area contributed by atoms with Crippen LogP contribution in [-0.4, -0.2) is 58.9 Å². The highest BCUT2D eigenvalue weighted by Crippen LogP contribution is 2.65. The van der Waals surface area contributed by atoms with Gasteiger partial charge >= 0.3 is 0 Å². The molecule has 1 aromatic heterocycles. The van der Waals surface area contributed by atoms with Crippen molar-refractivity contribution < 1.29 is 9.59 Å². The molecule has 0 saturated heterocycles. The van der Waals surface area contributed by atoms with Crippen LogP contribution in [0, 0.1) is 5.41 Å². The monoisotopic (exact) mass is 461 g/mol. The van der Waals surface area contributed by atoms with Gasteiger partial charge in [-0.05, 0) is 73.8 Å². The second-order valence-corrected chi connectivity index (χ2v) is 11.5. The summed E-state index contributed by atoms with van der Waals surface area (Å²) in [7, 11) is 3.55. The van der Waals surface area contributed by atoms with E-state index in [9.17, 15) is 9.59 Å². The average Bonchev–Trinajstić information content (AvgIpc) is 3.18. The Hall–Kier alpha value is -2.64. The van der Waals surface area contributed by atoms with Crippen LogP contribution in [-0.2, 0) is 18.6 Å². The second-order valence-electron chi connectivity index (χ2n) is 11.5. The first-order valence-corrected chi connectivity index (χ1v) is 12.6. The largest absolute Gasteiger partial charge is 0.350 e. The molecule has 2 heterocycles. The molecule has 180 valence electrons. The molecule has 4 aliphatic carbocycles. The van der Waals surface area contributed by atoms with Gasteiger partial charge in [-0.2, -0.15) is 0 Å². The summed E-state index contributed by atoms with van der Waals surface area (Å²) in [6.07, 6.45) is 6.61. The summed E-state index contributed by atoms with van der Waals surface area (Å²) in [6.45, 7) is 3.34. The number of benzene rings is 1. The molecule has 34 heavy (non-hydrogen) atoms. The number of nitrogens with two attached hydrogens (primary N) is 1. The summed E-state index contributed by atoms with van der Waals surface area (Å²) in [5.74, 6) is 0.0753. The molecule has 2 bridgehead atoms. The fourth-order valence-corrected chi connectivity index (χ4v) is 7.09. The van der Waals surface area contributed by atoms with E-state index < -0.39 is 0 Å². The maximum absolute atomic E-state index is 13.1. The molecular weight excluding hydrogens is 426 g/mol. The number of hydrogen-bond acceptors (Lipinski definition) is 4. The maximum atomic E-state index is 13.1. The van der Waals surface area contributed by atoms with E-state index in [1.165, 1.54) is 17.7 Å². The Balaban J connectivity index is 1.16. The number of carbonyl (C=O) groups excluding carboxylic acids is 2. The number of fused-ring (bicyclic) bond motifs is 2. The highest BCUT2D eigenvalue weighted by molar-refractivity contribution is 5.94. The molecule has 2 amide bonds. The fraction of sp³-hybridized carbons (Fsp3) is 0.556. The lowest BCUT2D eigenvalue weighted by Crippen LogP contribution is -2.74. The van der Waals surface area contributed by atoms with E-state index in [1.54, 1.807) is 19.0 Å². The molecule has 2 aromatic rings. The second kappa shape index (κ2) is 7.43. The highest BCUT2D eigenvalue weighted by Gasteiger charge is 2.65. The van der Waals surface area contributed by atoms with E-state index in [0.29, 0.717) is 0 Å². The molecule has 1 aromatic carbocycles. The molecule has 1 aliphatic heterocycles. The van der Waals surface area contributed by atoms with Crippen molar-refractivity contribution in [3.05, 3.63) is 58.9 Å². The summed E-state index contributed by atoms with van der Waals surface area (Å²) in [6, 6.07) is 12.2. The van der Waals surface area contributed by atoms with Gasteiger partial charge in [0.1, 0.15) is 5.69 Å². The Kier molecular flexibility index (Phi) is 4.78. The predicted octanol–water partition coefficient (Wildman–Crippen LogP) is 2.70. The van der Waals surface area contributed by atoms with Crippen molar-refractivity contribution in [2.24, 2.45) is 11.1 Å². The molecule has 7 nitrogen and oxygen atoms in total. The number of rotatable bonds is 6. The van der Waals surface area contributed by atoms with E-state index in [0.717, 1.165) is 69.5 Å². The number of amides is 2. The zero-order valence-corrected chi connectivity index (χ0v) is 20.3. The molecule has 1 spiro atoms. The SMILES string of the molecule is CN(C)C(=O)c1ccc(CN2CCn3c(C(=O)NCC45CC(N)(C4)C5)ccc3C23CCC3)cc1. The number of hydrogen-bond donors (Lipinski definition) is 2. The summed E-state index contributed by atoms with van der Waals surface area (Å²) >= 11 is 0. The Bertz CT molecular complexity index is 1120. The molecule has 7 heteroatoms. The van der Waals surface area contributed by atoms with E-state index in [1.807, 2.05) is 18.2 Å². The van der Waals surface area contributed by atoms with Crippen molar-refractivity contribution >= 4 is 11.8 Å². The van der Waals surface area contributed by atoms with E-state index >= 15 is 0 Å². The van der Waals surface area contributed by atoms with Crippen molar-refractivity contribution in [1.82, 2.24) is 19.7 Å².